The fourth-order valence-electron chi connectivity index (χ4n) is 1.42. The lowest BCUT2D eigenvalue weighted by atomic mass is 10.2. The topological polar surface area (TPSA) is 128 Å². The van der Waals surface area contributed by atoms with Crippen LogP contribution in [0.1, 0.15) is 5.56 Å². The third kappa shape index (κ3) is 2.88. The van der Waals surface area contributed by atoms with Crippen LogP contribution in [0.15, 0.2) is 34.9 Å². The largest absolute Gasteiger partial charge is 0.430 e. The van der Waals surface area contributed by atoms with E-state index in [-0.39, 0.29) is 28.7 Å². The van der Waals surface area contributed by atoms with Crippen molar-refractivity contribution in [3.05, 3.63) is 50.6 Å². The van der Waals surface area contributed by atoms with Crippen molar-refractivity contribution in [2.45, 2.75) is 0 Å². The Bertz CT molecular complexity index is 692. The van der Waals surface area contributed by atoms with Crippen LogP contribution in [0.3, 0.4) is 0 Å². The van der Waals surface area contributed by atoms with Crippen molar-refractivity contribution in [2.75, 3.05) is 0 Å². The third-order valence-corrected chi connectivity index (χ3v) is 2.79. The molecule has 3 N–H and O–H groups in total. The molecule has 0 saturated heterocycles. The molecule has 0 atom stereocenters. The van der Waals surface area contributed by atoms with Crippen molar-refractivity contribution in [1.82, 2.24) is 10.2 Å². The van der Waals surface area contributed by atoms with Gasteiger partial charge in [0.2, 0.25) is 11.6 Å². The van der Waals surface area contributed by atoms with Gasteiger partial charge in [-0.25, -0.2) is 0 Å². The second-order valence-electron chi connectivity index (χ2n) is 3.63. The van der Waals surface area contributed by atoms with E-state index in [1.54, 1.807) is 6.07 Å². The van der Waals surface area contributed by atoms with Gasteiger partial charge < -0.3 is 10.5 Å². The number of nitrogens with zero attached hydrogens (tertiary/aromatic N) is 3. The Hall–Kier alpha value is -2.55. The van der Waals surface area contributed by atoms with Crippen molar-refractivity contribution in [3.63, 3.8) is 0 Å². The van der Waals surface area contributed by atoms with Crippen LogP contribution >= 0.6 is 15.9 Å². The summed E-state index contributed by atoms with van der Waals surface area (Å²) in [5.41, 5.74) is 5.35. The number of benzene rings is 1. The molecule has 1 heterocycles. The summed E-state index contributed by atoms with van der Waals surface area (Å²) in [5.74, 6) is -0.346. The maximum Gasteiger partial charge on any atom is 0.312 e. The fraction of sp³-hybridized carbons (Fsp3) is 0. The number of nitrogen functional groups attached to an aromatic ring is 1. The zero-order chi connectivity index (χ0) is 14.7. The molecule has 8 nitrogen and oxygen atoms in total. The van der Waals surface area contributed by atoms with E-state index in [1.165, 1.54) is 24.4 Å². The second kappa shape index (κ2) is 5.61. The zero-order valence-electron chi connectivity index (χ0n) is 9.91. The van der Waals surface area contributed by atoms with Crippen molar-refractivity contribution < 1.29 is 9.66 Å². The van der Waals surface area contributed by atoms with Crippen molar-refractivity contribution in [1.29, 1.82) is 5.41 Å². The van der Waals surface area contributed by atoms with Gasteiger partial charge in [0.05, 0.1) is 16.7 Å². The molecule has 0 radical (unpaired) electrons. The second-order valence-corrected chi connectivity index (χ2v) is 4.55. The van der Waals surface area contributed by atoms with E-state index in [9.17, 15) is 10.1 Å². The van der Waals surface area contributed by atoms with Crippen LogP contribution in [0, 0.1) is 15.5 Å². The molecular formula is C11H8BrN5O3. The van der Waals surface area contributed by atoms with E-state index in [0.29, 0.717) is 4.47 Å². The Kier molecular flexibility index (Phi) is 3.89. The van der Waals surface area contributed by atoms with Crippen molar-refractivity contribution in [3.8, 4) is 11.6 Å². The molecule has 102 valence electrons. The Morgan fingerprint density at radius 1 is 1.45 bits per heavy atom. The minimum Gasteiger partial charge on any atom is -0.430 e. The molecule has 0 aliphatic rings. The minimum absolute atomic E-state index is 0.0128. The van der Waals surface area contributed by atoms with Crippen LogP contribution in [0.2, 0.25) is 0 Å². The number of rotatable bonds is 4. The van der Waals surface area contributed by atoms with Crippen LogP contribution in [0.5, 0.6) is 11.6 Å². The van der Waals surface area contributed by atoms with Crippen LogP contribution in [0.4, 0.5) is 5.69 Å². The molecule has 1 aromatic heterocycles. The van der Waals surface area contributed by atoms with Gasteiger partial charge in [0.25, 0.3) is 0 Å². The van der Waals surface area contributed by atoms with Crippen molar-refractivity contribution >= 4 is 27.5 Å². The summed E-state index contributed by atoms with van der Waals surface area (Å²) in [6.45, 7) is 0. The molecule has 2 aromatic rings. The van der Waals surface area contributed by atoms with Gasteiger partial charge in [-0.1, -0.05) is 15.9 Å². The Balaban J connectivity index is 2.45. The predicted octanol–water partition coefficient (Wildman–Crippen LogP) is 2.22. The van der Waals surface area contributed by atoms with Crippen molar-refractivity contribution in [2.24, 2.45) is 5.73 Å². The lowest BCUT2D eigenvalue weighted by Gasteiger charge is -2.08. The average Bonchev–Trinajstić information content (AvgIpc) is 2.41. The zero-order valence-corrected chi connectivity index (χ0v) is 11.5. The number of ether oxygens (including phenoxy) is 1. The molecular weight excluding hydrogens is 330 g/mol. The first-order valence-corrected chi connectivity index (χ1v) is 6.06. The number of nitro groups is 1. The number of hydrogen-bond acceptors (Lipinski definition) is 6. The summed E-state index contributed by atoms with van der Waals surface area (Å²) in [7, 11) is 0. The van der Waals surface area contributed by atoms with E-state index >= 15 is 0 Å². The number of nitro benzene ring substituents is 1. The van der Waals surface area contributed by atoms with Gasteiger partial charge in [-0.05, 0) is 18.2 Å². The Labute approximate surface area is 121 Å². The van der Waals surface area contributed by atoms with Gasteiger partial charge in [0.15, 0.2) is 0 Å². The fourth-order valence-corrected chi connectivity index (χ4v) is 1.77. The summed E-state index contributed by atoms with van der Waals surface area (Å²) >= 11 is 3.15. The molecule has 0 amide bonds. The van der Waals surface area contributed by atoms with E-state index in [2.05, 4.69) is 26.1 Å². The lowest BCUT2D eigenvalue weighted by Crippen LogP contribution is -2.13. The van der Waals surface area contributed by atoms with E-state index in [0.717, 1.165) is 0 Å². The number of halogens is 1. The summed E-state index contributed by atoms with van der Waals surface area (Å²) in [4.78, 5) is 10.4. The summed E-state index contributed by atoms with van der Waals surface area (Å²) in [5, 5.41) is 25.7. The van der Waals surface area contributed by atoms with Gasteiger partial charge >= 0.3 is 5.69 Å². The highest BCUT2D eigenvalue weighted by Gasteiger charge is 2.19. The highest BCUT2D eigenvalue weighted by Crippen LogP contribution is 2.33. The molecule has 0 spiro atoms. The normalized spacial score (nSPS) is 10.1. The van der Waals surface area contributed by atoms with Gasteiger partial charge in [-0.15, -0.1) is 5.10 Å². The number of nitrogens with two attached hydrogens (primary N) is 1. The quantitative estimate of drug-likeness (QED) is 0.381. The molecule has 0 aliphatic carbocycles. The monoisotopic (exact) mass is 337 g/mol. The molecule has 9 heteroatoms. The first-order valence-electron chi connectivity index (χ1n) is 5.27. The van der Waals surface area contributed by atoms with Gasteiger partial charge in [-0.2, -0.15) is 5.10 Å². The third-order valence-electron chi connectivity index (χ3n) is 2.30. The molecule has 2 rings (SSSR count). The van der Waals surface area contributed by atoms with E-state index in [4.69, 9.17) is 15.9 Å². The molecule has 0 unspecified atom stereocenters. The average molecular weight is 338 g/mol. The van der Waals surface area contributed by atoms with Gasteiger partial charge in [0.1, 0.15) is 5.84 Å². The Morgan fingerprint density at radius 3 is 2.85 bits per heavy atom. The molecule has 0 bridgehead atoms. The first-order chi connectivity index (χ1) is 9.49. The maximum atomic E-state index is 11.0. The van der Waals surface area contributed by atoms with Crippen LogP contribution < -0.4 is 10.5 Å². The van der Waals surface area contributed by atoms with Crippen LogP contribution in [-0.4, -0.2) is 21.0 Å². The Morgan fingerprint density at radius 2 is 2.20 bits per heavy atom. The smallest absolute Gasteiger partial charge is 0.312 e. The molecule has 20 heavy (non-hydrogen) atoms. The highest BCUT2D eigenvalue weighted by molar-refractivity contribution is 9.10. The SMILES string of the molecule is N=C(N)c1ccnnc1Oc1ccc(Br)cc1[N+](=O)[O-]. The van der Waals surface area contributed by atoms with E-state index < -0.39 is 4.92 Å². The first kappa shape index (κ1) is 13.9. The lowest BCUT2D eigenvalue weighted by molar-refractivity contribution is -0.385. The highest BCUT2D eigenvalue weighted by atomic mass is 79.9. The van der Waals surface area contributed by atoms with Crippen LogP contribution in [-0.2, 0) is 0 Å². The predicted molar refractivity (Wildman–Crippen MR) is 73.9 cm³/mol. The summed E-state index contributed by atoms with van der Waals surface area (Å²) in [6.07, 6.45) is 1.35. The number of aromatic nitrogens is 2. The molecule has 1 aromatic carbocycles. The minimum atomic E-state index is -0.579. The summed E-state index contributed by atoms with van der Waals surface area (Å²) in [6, 6.07) is 5.75. The standard InChI is InChI=1S/C11H8BrN5O3/c12-6-1-2-9(8(5-6)17(18)19)20-11-7(10(13)14)3-4-15-16-11/h1-5H,(H3,13,14). The molecule has 0 saturated carbocycles. The van der Waals surface area contributed by atoms with E-state index in [1.807, 2.05) is 0 Å². The molecule has 0 aliphatic heterocycles. The maximum absolute atomic E-state index is 11.0. The molecule has 0 fully saturated rings. The van der Waals surface area contributed by atoms with Crippen LogP contribution in [0.25, 0.3) is 0 Å². The van der Waals surface area contributed by atoms with Gasteiger partial charge in [0, 0.05) is 10.5 Å². The summed E-state index contributed by atoms with van der Waals surface area (Å²) < 4.78 is 5.91. The number of amidine groups is 1. The van der Waals surface area contributed by atoms with Gasteiger partial charge in [-0.3, -0.25) is 15.5 Å². The number of hydrogen-bond donors (Lipinski definition) is 2. The number of nitrogens with one attached hydrogen (secondary N) is 1.